The molecule has 0 spiro atoms. The summed E-state index contributed by atoms with van der Waals surface area (Å²) in [5, 5.41) is 6.82. The van der Waals surface area contributed by atoms with Crippen molar-refractivity contribution >= 4 is 5.96 Å². The first-order chi connectivity index (χ1) is 14.8. The molecule has 168 valence electrons. The van der Waals surface area contributed by atoms with E-state index in [1.165, 1.54) is 31.2 Å². The Kier molecular flexibility index (Phi) is 9.77. The number of hydrogen-bond donors (Lipinski definition) is 2. The lowest BCUT2D eigenvalue weighted by Crippen LogP contribution is -2.39. The molecule has 3 rings (SSSR count). The van der Waals surface area contributed by atoms with Crippen molar-refractivity contribution in [1.29, 1.82) is 0 Å². The molecule has 0 unspecified atom stereocenters. The maximum absolute atomic E-state index is 5.71. The van der Waals surface area contributed by atoms with Crippen molar-refractivity contribution in [3.05, 3.63) is 29.8 Å². The molecular weight excluding hydrogens is 376 g/mol. The zero-order valence-electron chi connectivity index (χ0n) is 18.9. The number of benzene rings is 1. The molecular formula is C24H40N4O2. The van der Waals surface area contributed by atoms with Crippen LogP contribution in [0.4, 0.5) is 0 Å². The summed E-state index contributed by atoms with van der Waals surface area (Å²) in [7, 11) is 1.71. The maximum Gasteiger partial charge on any atom is 0.191 e. The molecule has 6 nitrogen and oxygen atoms in total. The van der Waals surface area contributed by atoms with E-state index in [2.05, 4.69) is 34.6 Å². The smallest absolute Gasteiger partial charge is 0.191 e. The average molecular weight is 417 g/mol. The topological polar surface area (TPSA) is 58.1 Å². The van der Waals surface area contributed by atoms with E-state index >= 15 is 0 Å². The van der Waals surface area contributed by atoms with Crippen LogP contribution in [0, 0.1) is 11.8 Å². The van der Waals surface area contributed by atoms with Crippen molar-refractivity contribution in [2.24, 2.45) is 16.8 Å². The molecule has 1 aromatic rings. The highest BCUT2D eigenvalue weighted by molar-refractivity contribution is 5.79. The molecule has 2 fully saturated rings. The van der Waals surface area contributed by atoms with Crippen LogP contribution in [-0.4, -0.2) is 63.9 Å². The Bertz CT molecular complexity index is 623. The van der Waals surface area contributed by atoms with Gasteiger partial charge in [-0.15, -0.1) is 0 Å². The van der Waals surface area contributed by atoms with Gasteiger partial charge in [0.15, 0.2) is 5.96 Å². The van der Waals surface area contributed by atoms with Gasteiger partial charge < -0.3 is 20.1 Å². The molecule has 1 aromatic carbocycles. The monoisotopic (exact) mass is 416 g/mol. The number of likely N-dealkylation sites (tertiary alicyclic amines) is 1. The van der Waals surface area contributed by atoms with Gasteiger partial charge in [0.25, 0.3) is 0 Å². The second-order valence-corrected chi connectivity index (χ2v) is 8.59. The zero-order valence-corrected chi connectivity index (χ0v) is 18.9. The van der Waals surface area contributed by atoms with Gasteiger partial charge in [0.05, 0.1) is 7.11 Å². The third kappa shape index (κ3) is 8.52. The predicted molar refractivity (Wildman–Crippen MR) is 123 cm³/mol. The first-order valence-corrected chi connectivity index (χ1v) is 11.7. The summed E-state index contributed by atoms with van der Waals surface area (Å²) < 4.78 is 11.0. The standard InChI is InChI=1S/C24H40N4O2/c1-3-25-24(26-13-4-16-30-19-22-5-6-22)27-17-20-11-14-28(15-12-20)18-21-7-9-23(29-2)10-8-21/h7-10,20,22H,3-6,11-19H2,1-2H3,(H2,25,26,27). The summed E-state index contributed by atoms with van der Waals surface area (Å²) in [6, 6.07) is 8.43. The van der Waals surface area contributed by atoms with Gasteiger partial charge in [0.1, 0.15) is 5.75 Å². The molecule has 1 saturated carbocycles. The van der Waals surface area contributed by atoms with E-state index in [1.54, 1.807) is 7.11 Å². The van der Waals surface area contributed by atoms with Gasteiger partial charge >= 0.3 is 0 Å². The summed E-state index contributed by atoms with van der Waals surface area (Å²) in [5.41, 5.74) is 1.35. The molecule has 0 aromatic heterocycles. The molecule has 0 radical (unpaired) electrons. The third-order valence-electron chi connectivity index (χ3n) is 5.93. The van der Waals surface area contributed by atoms with E-state index in [0.29, 0.717) is 5.92 Å². The van der Waals surface area contributed by atoms with E-state index < -0.39 is 0 Å². The van der Waals surface area contributed by atoms with Crippen molar-refractivity contribution in [1.82, 2.24) is 15.5 Å². The molecule has 1 saturated heterocycles. The Morgan fingerprint density at radius 3 is 2.50 bits per heavy atom. The highest BCUT2D eigenvalue weighted by atomic mass is 16.5. The number of nitrogens with zero attached hydrogens (tertiary/aromatic N) is 2. The molecule has 2 aliphatic rings. The van der Waals surface area contributed by atoms with Crippen molar-refractivity contribution < 1.29 is 9.47 Å². The van der Waals surface area contributed by atoms with Gasteiger partial charge in [0, 0.05) is 39.4 Å². The largest absolute Gasteiger partial charge is 0.497 e. The summed E-state index contributed by atoms with van der Waals surface area (Å²) in [6.07, 6.45) is 6.18. The van der Waals surface area contributed by atoms with Crippen molar-refractivity contribution in [3.63, 3.8) is 0 Å². The van der Waals surface area contributed by atoms with Gasteiger partial charge in [-0.25, -0.2) is 0 Å². The van der Waals surface area contributed by atoms with E-state index in [4.69, 9.17) is 14.5 Å². The van der Waals surface area contributed by atoms with Gasteiger partial charge in [-0.2, -0.15) is 0 Å². The number of rotatable bonds is 12. The van der Waals surface area contributed by atoms with Gasteiger partial charge in [-0.1, -0.05) is 12.1 Å². The van der Waals surface area contributed by atoms with Crippen molar-refractivity contribution in [2.75, 3.05) is 53.0 Å². The minimum atomic E-state index is 0.675. The van der Waals surface area contributed by atoms with E-state index in [1.807, 2.05) is 12.1 Å². The van der Waals surface area contributed by atoms with E-state index in [-0.39, 0.29) is 0 Å². The number of methoxy groups -OCH3 is 1. The molecule has 1 heterocycles. The van der Waals surface area contributed by atoms with Crippen LogP contribution in [0.2, 0.25) is 0 Å². The molecule has 1 aliphatic carbocycles. The van der Waals surface area contributed by atoms with Gasteiger partial charge in [-0.3, -0.25) is 9.89 Å². The summed E-state index contributed by atoms with van der Waals surface area (Å²) in [6.45, 7) is 9.94. The summed E-state index contributed by atoms with van der Waals surface area (Å²) in [5.74, 6) is 3.39. The highest BCUT2D eigenvalue weighted by Crippen LogP contribution is 2.28. The number of guanidine groups is 1. The maximum atomic E-state index is 5.71. The molecule has 30 heavy (non-hydrogen) atoms. The molecule has 0 amide bonds. The van der Waals surface area contributed by atoms with E-state index in [9.17, 15) is 0 Å². The van der Waals surface area contributed by atoms with Crippen LogP contribution in [0.25, 0.3) is 0 Å². The zero-order chi connectivity index (χ0) is 21.0. The summed E-state index contributed by atoms with van der Waals surface area (Å²) >= 11 is 0. The minimum Gasteiger partial charge on any atom is -0.497 e. The van der Waals surface area contributed by atoms with E-state index in [0.717, 1.165) is 76.5 Å². The lowest BCUT2D eigenvalue weighted by molar-refractivity contribution is 0.123. The first-order valence-electron chi connectivity index (χ1n) is 11.7. The van der Waals surface area contributed by atoms with Crippen molar-refractivity contribution in [2.45, 2.75) is 45.6 Å². The van der Waals surface area contributed by atoms with Crippen molar-refractivity contribution in [3.8, 4) is 5.75 Å². The van der Waals surface area contributed by atoms with Crippen LogP contribution in [0.5, 0.6) is 5.75 Å². The SMILES string of the molecule is CCNC(=NCC1CCN(Cc2ccc(OC)cc2)CC1)NCCCOCC1CC1. The average Bonchev–Trinajstić information content (AvgIpc) is 3.60. The van der Waals surface area contributed by atoms with Crippen LogP contribution in [0.1, 0.15) is 44.6 Å². The predicted octanol–water partition coefficient (Wildman–Crippen LogP) is 3.28. The Labute approximate surface area is 182 Å². The minimum absolute atomic E-state index is 0.675. The Hall–Kier alpha value is -1.79. The number of aliphatic imine (C=N–C) groups is 1. The Balaban J connectivity index is 1.31. The van der Waals surface area contributed by atoms with Crippen LogP contribution < -0.4 is 15.4 Å². The van der Waals surface area contributed by atoms with Crippen LogP contribution >= 0.6 is 0 Å². The lowest BCUT2D eigenvalue weighted by Gasteiger charge is -2.31. The molecule has 1 aliphatic heterocycles. The van der Waals surface area contributed by atoms with Crippen LogP contribution in [0.15, 0.2) is 29.3 Å². The Morgan fingerprint density at radius 2 is 1.83 bits per heavy atom. The fourth-order valence-electron chi connectivity index (χ4n) is 3.79. The number of nitrogens with one attached hydrogen (secondary N) is 2. The molecule has 0 atom stereocenters. The quantitative estimate of drug-likeness (QED) is 0.311. The normalized spacial score (nSPS) is 18.4. The third-order valence-corrected chi connectivity index (χ3v) is 5.93. The molecule has 2 N–H and O–H groups in total. The van der Waals surface area contributed by atoms with Gasteiger partial charge in [0.2, 0.25) is 0 Å². The number of hydrogen-bond acceptors (Lipinski definition) is 4. The fourth-order valence-corrected chi connectivity index (χ4v) is 3.79. The van der Waals surface area contributed by atoms with Crippen LogP contribution in [0.3, 0.4) is 0 Å². The summed E-state index contributed by atoms with van der Waals surface area (Å²) in [4.78, 5) is 7.39. The van der Waals surface area contributed by atoms with Crippen LogP contribution in [-0.2, 0) is 11.3 Å². The molecule has 6 heteroatoms. The second kappa shape index (κ2) is 12.8. The number of piperidine rings is 1. The highest BCUT2D eigenvalue weighted by Gasteiger charge is 2.21. The number of ether oxygens (including phenoxy) is 2. The lowest BCUT2D eigenvalue weighted by atomic mass is 9.96. The van der Waals surface area contributed by atoms with Gasteiger partial charge in [-0.05, 0) is 81.6 Å². The molecule has 0 bridgehead atoms. The first kappa shape index (κ1) is 22.9. The fraction of sp³-hybridized carbons (Fsp3) is 0.708. The second-order valence-electron chi connectivity index (χ2n) is 8.59. The Morgan fingerprint density at radius 1 is 1.07 bits per heavy atom.